The summed E-state index contributed by atoms with van der Waals surface area (Å²) < 4.78 is 0. The van der Waals surface area contributed by atoms with Crippen molar-refractivity contribution in [3.8, 4) is 0 Å². The third-order valence-electron chi connectivity index (χ3n) is 5.31. The number of nitrogens with one attached hydrogen (secondary N) is 2. The molecule has 0 aromatic rings. The number of carboxylic acid groups (broad SMARTS) is 1. The minimum absolute atomic E-state index is 0.0733. The summed E-state index contributed by atoms with van der Waals surface area (Å²) >= 11 is 3.06. The molecule has 0 bridgehead atoms. The first-order chi connectivity index (χ1) is 14.6. The monoisotopic (exact) mass is 476 g/mol. The van der Waals surface area contributed by atoms with E-state index in [1.165, 1.54) is 16.7 Å². The van der Waals surface area contributed by atoms with Gasteiger partial charge in [-0.1, -0.05) is 13.8 Å². The van der Waals surface area contributed by atoms with E-state index in [1.807, 2.05) is 26.4 Å². The normalized spacial score (nSPS) is 19.0. The van der Waals surface area contributed by atoms with Crippen LogP contribution in [0.2, 0.25) is 0 Å². The van der Waals surface area contributed by atoms with Gasteiger partial charge in [0.15, 0.2) is 0 Å². The van der Waals surface area contributed by atoms with E-state index < -0.39 is 42.0 Å². The summed E-state index contributed by atoms with van der Waals surface area (Å²) in [5, 5.41) is 14.7. The van der Waals surface area contributed by atoms with Crippen LogP contribution in [0.4, 0.5) is 0 Å². The average molecular weight is 477 g/mol. The zero-order valence-corrected chi connectivity index (χ0v) is 20.4. The van der Waals surface area contributed by atoms with Crippen LogP contribution in [0.5, 0.6) is 0 Å². The molecule has 4 unspecified atom stereocenters. The molecule has 3 amide bonds. The highest BCUT2D eigenvalue weighted by atomic mass is 32.2. The molecule has 0 aromatic heterocycles. The van der Waals surface area contributed by atoms with Crippen LogP contribution in [0.3, 0.4) is 0 Å². The van der Waals surface area contributed by atoms with Gasteiger partial charge in [0, 0.05) is 6.54 Å². The van der Waals surface area contributed by atoms with Gasteiger partial charge in [0.25, 0.3) is 0 Å². The number of carbonyl (C=O) groups excluding carboxylic acids is 3. The third kappa shape index (κ3) is 8.53. The lowest BCUT2D eigenvalue weighted by molar-refractivity contribution is -0.145. The quantitative estimate of drug-likeness (QED) is 0.301. The van der Waals surface area contributed by atoms with Gasteiger partial charge in [0.2, 0.25) is 17.7 Å². The van der Waals surface area contributed by atoms with E-state index in [0.29, 0.717) is 43.7 Å². The zero-order chi connectivity index (χ0) is 23.6. The number of rotatable bonds is 13. The van der Waals surface area contributed by atoms with Crippen LogP contribution in [0, 0.1) is 5.92 Å². The summed E-state index contributed by atoms with van der Waals surface area (Å²) in [4.78, 5) is 51.4. The largest absolute Gasteiger partial charge is 0.480 e. The molecule has 0 aromatic carbocycles. The maximum Gasteiger partial charge on any atom is 0.326 e. The highest BCUT2D eigenvalue weighted by molar-refractivity contribution is 7.98. The summed E-state index contributed by atoms with van der Waals surface area (Å²) in [6, 6.07) is -3.23. The van der Waals surface area contributed by atoms with Crippen molar-refractivity contribution in [1.29, 1.82) is 0 Å². The number of aliphatic carboxylic acids is 1. The fourth-order valence-corrected chi connectivity index (χ4v) is 4.27. The molecule has 1 rings (SSSR count). The van der Waals surface area contributed by atoms with Crippen LogP contribution in [-0.4, -0.2) is 88.4 Å². The van der Waals surface area contributed by atoms with Crippen LogP contribution >= 0.6 is 23.5 Å². The molecule has 1 heterocycles. The summed E-state index contributed by atoms with van der Waals surface area (Å²) in [5.74, 6) is -1.09. The number of nitrogens with two attached hydrogens (primary N) is 1. The number of hydrogen-bond donors (Lipinski definition) is 4. The standard InChI is InChI=1S/C20H36N4O5S2/c1-12(2)16(21)18(26)22-13(7-10-30-3)19(27)24-9-5-6-15(24)17(25)23-14(20(28)29)8-11-31-4/h12-16H,5-11,21H2,1-4H3,(H,22,26)(H,23,25)(H,28,29). The highest BCUT2D eigenvalue weighted by Crippen LogP contribution is 2.20. The molecule has 0 spiro atoms. The molecule has 0 aliphatic carbocycles. The predicted octanol–water partition coefficient (Wildman–Crippen LogP) is 0.521. The third-order valence-corrected chi connectivity index (χ3v) is 6.60. The van der Waals surface area contributed by atoms with Crippen molar-refractivity contribution in [2.45, 2.75) is 63.7 Å². The van der Waals surface area contributed by atoms with Gasteiger partial charge in [-0.3, -0.25) is 14.4 Å². The van der Waals surface area contributed by atoms with Gasteiger partial charge in [-0.15, -0.1) is 0 Å². The summed E-state index contributed by atoms with van der Waals surface area (Å²) in [6.45, 7) is 4.06. The second kappa shape index (κ2) is 13.8. The first-order valence-electron chi connectivity index (χ1n) is 10.5. The number of likely N-dealkylation sites (tertiary alicyclic amines) is 1. The van der Waals surface area contributed by atoms with Crippen molar-refractivity contribution in [2.24, 2.45) is 11.7 Å². The second-order valence-corrected chi connectivity index (χ2v) is 9.95. The Morgan fingerprint density at radius 2 is 1.65 bits per heavy atom. The molecule has 4 atom stereocenters. The minimum Gasteiger partial charge on any atom is -0.480 e. The van der Waals surface area contributed by atoms with Gasteiger partial charge in [-0.05, 0) is 55.6 Å². The molecule has 0 saturated carbocycles. The maximum atomic E-state index is 13.2. The molecule has 1 aliphatic rings. The van der Waals surface area contributed by atoms with Crippen molar-refractivity contribution in [1.82, 2.24) is 15.5 Å². The molecule has 9 nitrogen and oxygen atoms in total. The number of hydrogen-bond acceptors (Lipinski definition) is 7. The van der Waals surface area contributed by atoms with E-state index in [2.05, 4.69) is 10.6 Å². The summed E-state index contributed by atoms with van der Waals surface area (Å²) in [6.07, 6.45) is 5.61. The molecular weight excluding hydrogens is 440 g/mol. The number of thioether (sulfide) groups is 2. The van der Waals surface area contributed by atoms with E-state index in [9.17, 15) is 24.3 Å². The van der Waals surface area contributed by atoms with Crippen LogP contribution in [0.1, 0.15) is 39.5 Å². The van der Waals surface area contributed by atoms with Gasteiger partial charge in [0.1, 0.15) is 18.1 Å². The van der Waals surface area contributed by atoms with Crippen molar-refractivity contribution in [3.05, 3.63) is 0 Å². The first-order valence-corrected chi connectivity index (χ1v) is 13.3. The lowest BCUT2D eigenvalue weighted by Gasteiger charge is -2.30. The van der Waals surface area contributed by atoms with Crippen LogP contribution in [0.15, 0.2) is 0 Å². The molecule has 31 heavy (non-hydrogen) atoms. The lowest BCUT2D eigenvalue weighted by Crippen LogP contribution is -2.57. The molecule has 0 radical (unpaired) electrons. The Kier molecular flexibility index (Phi) is 12.3. The lowest BCUT2D eigenvalue weighted by atomic mass is 10.0. The van der Waals surface area contributed by atoms with Gasteiger partial charge < -0.3 is 26.4 Å². The highest BCUT2D eigenvalue weighted by Gasteiger charge is 2.39. The van der Waals surface area contributed by atoms with Gasteiger partial charge in [0.05, 0.1) is 6.04 Å². The summed E-state index contributed by atoms with van der Waals surface area (Å²) in [5.41, 5.74) is 5.93. The van der Waals surface area contributed by atoms with E-state index >= 15 is 0 Å². The second-order valence-electron chi connectivity index (χ2n) is 7.98. The molecule has 1 aliphatic heterocycles. The summed E-state index contributed by atoms with van der Waals surface area (Å²) in [7, 11) is 0. The topological polar surface area (TPSA) is 142 Å². The maximum absolute atomic E-state index is 13.2. The Morgan fingerprint density at radius 3 is 2.16 bits per heavy atom. The molecular formula is C20H36N4O5S2. The Balaban J connectivity index is 2.91. The van der Waals surface area contributed by atoms with Crippen LogP contribution in [-0.2, 0) is 19.2 Å². The molecule has 11 heteroatoms. The van der Waals surface area contributed by atoms with Crippen LogP contribution in [0.25, 0.3) is 0 Å². The number of carboxylic acids is 1. The van der Waals surface area contributed by atoms with Crippen molar-refractivity contribution in [2.75, 3.05) is 30.6 Å². The van der Waals surface area contributed by atoms with Crippen LogP contribution < -0.4 is 16.4 Å². The Morgan fingerprint density at radius 1 is 1.06 bits per heavy atom. The molecule has 1 fully saturated rings. The van der Waals surface area contributed by atoms with Gasteiger partial charge in [-0.25, -0.2) is 4.79 Å². The SMILES string of the molecule is CSCCC(NC(=O)C1CCCN1C(=O)C(CCSC)NC(=O)C(N)C(C)C)C(=O)O. The predicted molar refractivity (Wildman–Crippen MR) is 125 cm³/mol. The van der Waals surface area contributed by atoms with E-state index in [-0.39, 0.29) is 11.8 Å². The minimum atomic E-state index is -1.09. The molecule has 178 valence electrons. The zero-order valence-electron chi connectivity index (χ0n) is 18.8. The van der Waals surface area contributed by atoms with Gasteiger partial charge in [-0.2, -0.15) is 23.5 Å². The Labute approximate surface area is 193 Å². The molecule has 1 saturated heterocycles. The van der Waals surface area contributed by atoms with E-state index in [1.54, 1.807) is 11.8 Å². The fourth-order valence-electron chi connectivity index (χ4n) is 3.33. The Hall–Kier alpha value is -1.46. The molecule has 5 N–H and O–H groups in total. The van der Waals surface area contributed by atoms with Crippen molar-refractivity contribution < 1.29 is 24.3 Å². The number of nitrogens with zero attached hydrogens (tertiary/aromatic N) is 1. The first kappa shape index (κ1) is 27.6. The number of amides is 3. The fraction of sp³-hybridized carbons (Fsp3) is 0.800. The average Bonchev–Trinajstić information content (AvgIpc) is 3.22. The van der Waals surface area contributed by atoms with Gasteiger partial charge >= 0.3 is 5.97 Å². The smallest absolute Gasteiger partial charge is 0.326 e. The van der Waals surface area contributed by atoms with E-state index in [0.717, 1.165) is 0 Å². The van der Waals surface area contributed by atoms with E-state index in [4.69, 9.17) is 5.73 Å². The number of carbonyl (C=O) groups is 4. The Bertz CT molecular complexity index is 635. The van der Waals surface area contributed by atoms with Crippen molar-refractivity contribution >= 4 is 47.2 Å². The van der Waals surface area contributed by atoms with Crippen molar-refractivity contribution in [3.63, 3.8) is 0 Å².